The molecule has 2 aliphatic heterocycles. The molecule has 100 valence electrons. The van der Waals surface area contributed by atoms with E-state index in [0.717, 1.165) is 25.9 Å². The summed E-state index contributed by atoms with van der Waals surface area (Å²) in [4.78, 5) is 2.01. The van der Waals surface area contributed by atoms with Gasteiger partial charge < -0.3 is 25.2 Å². The van der Waals surface area contributed by atoms with Crippen molar-refractivity contribution in [2.45, 2.75) is 43.4 Å². The van der Waals surface area contributed by atoms with Crippen LogP contribution in [0.1, 0.15) is 19.3 Å². The molecule has 17 heavy (non-hydrogen) atoms. The molecule has 0 aromatic heterocycles. The molecule has 0 aromatic rings. The number of rotatable bonds is 3. The highest BCUT2D eigenvalue weighted by molar-refractivity contribution is 4.97. The van der Waals surface area contributed by atoms with E-state index in [0.29, 0.717) is 0 Å². The fourth-order valence-electron chi connectivity index (χ4n) is 2.59. The van der Waals surface area contributed by atoms with Gasteiger partial charge in [-0.15, -0.1) is 0 Å². The molecule has 6 heteroatoms. The Morgan fingerprint density at radius 2 is 1.82 bits per heavy atom. The van der Waals surface area contributed by atoms with Gasteiger partial charge in [0, 0.05) is 0 Å². The Morgan fingerprint density at radius 1 is 1.18 bits per heavy atom. The molecule has 2 saturated heterocycles. The summed E-state index contributed by atoms with van der Waals surface area (Å²) in [5.74, 6) is -1.77. The van der Waals surface area contributed by atoms with Gasteiger partial charge in [-0.05, 0) is 25.9 Å². The van der Waals surface area contributed by atoms with Crippen LogP contribution in [0, 0.1) is 0 Å². The Bertz CT molecular complexity index is 258. The van der Waals surface area contributed by atoms with Crippen LogP contribution in [-0.2, 0) is 4.74 Å². The topological polar surface area (TPSA) is 93.4 Å². The van der Waals surface area contributed by atoms with E-state index in [-0.39, 0.29) is 6.54 Å². The molecule has 2 fully saturated rings. The molecule has 0 aliphatic carbocycles. The normalized spacial score (nSPS) is 44.1. The minimum atomic E-state index is -1.77. The highest BCUT2D eigenvalue weighted by atomic mass is 16.7. The van der Waals surface area contributed by atoms with Crippen molar-refractivity contribution in [2.24, 2.45) is 0 Å². The molecule has 0 aromatic carbocycles. The zero-order chi connectivity index (χ0) is 12.5. The third-order valence-electron chi connectivity index (χ3n) is 3.60. The Morgan fingerprint density at radius 3 is 2.35 bits per heavy atom. The van der Waals surface area contributed by atoms with E-state index in [1.807, 2.05) is 4.90 Å². The number of β-amino-alcohol motifs (C(OH)–C–C–N with tert-alkyl or cyclic N) is 1. The molecule has 4 atom stereocenters. The first-order valence-corrected chi connectivity index (χ1v) is 6.16. The predicted octanol–water partition coefficient (Wildman–Crippen LogP) is -1.73. The van der Waals surface area contributed by atoms with Gasteiger partial charge in [-0.25, -0.2) is 0 Å². The monoisotopic (exact) mass is 247 g/mol. The fraction of sp³-hybridized carbons (Fsp3) is 1.00. The van der Waals surface area contributed by atoms with Crippen molar-refractivity contribution < 1.29 is 25.2 Å². The summed E-state index contributed by atoms with van der Waals surface area (Å²) in [6, 6.07) is 0. The molecule has 2 heterocycles. The average molecular weight is 247 g/mol. The van der Waals surface area contributed by atoms with E-state index >= 15 is 0 Å². The highest BCUT2D eigenvalue weighted by Gasteiger charge is 2.53. The van der Waals surface area contributed by atoms with Gasteiger partial charge in [-0.2, -0.15) is 0 Å². The van der Waals surface area contributed by atoms with Crippen molar-refractivity contribution in [3.63, 3.8) is 0 Å². The first kappa shape index (κ1) is 13.2. The summed E-state index contributed by atoms with van der Waals surface area (Å²) < 4.78 is 5.19. The smallest absolute Gasteiger partial charge is 0.208 e. The number of aliphatic hydroxyl groups excluding tert-OH is 3. The zero-order valence-electron chi connectivity index (χ0n) is 9.83. The van der Waals surface area contributed by atoms with E-state index in [9.17, 15) is 15.3 Å². The summed E-state index contributed by atoms with van der Waals surface area (Å²) in [6.45, 7) is 1.47. The Kier molecular flexibility index (Phi) is 4.02. The molecule has 2 aliphatic rings. The Hall–Kier alpha value is -0.240. The first-order valence-electron chi connectivity index (χ1n) is 6.16. The second-order valence-corrected chi connectivity index (χ2v) is 4.96. The molecule has 0 radical (unpaired) electrons. The van der Waals surface area contributed by atoms with Crippen LogP contribution in [0.25, 0.3) is 0 Å². The predicted molar refractivity (Wildman–Crippen MR) is 59.2 cm³/mol. The van der Waals surface area contributed by atoms with Crippen LogP contribution < -0.4 is 0 Å². The minimum Gasteiger partial charge on any atom is -0.394 e. The number of hydrogen-bond acceptors (Lipinski definition) is 6. The molecule has 4 N–H and O–H groups in total. The van der Waals surface area contributed by atoms with Gasteiger partial charge in [0.25, 0.3) is 0 Å². The molecule has 0 bridgehead atoms. The molecule has 0 amide bonds. The molecule has 0 spiro atoms. The zero-order valence-corrected chi connectivity index (χ0v) is 9.83. The minimum absolute atomic E-state index is 0.168. The largest absolute Gasteiger partial charge is 0.394 e. The molecule has 6 nitrogen and oxygen atoms in total. The maximum atomic E-state index is 10.2. The molecule has 0 saturated carbocycles. The lowest BCUT2D eigenvalue weighted by Crippen LogP contribution is -2.52. The summed E-state index contributed by atoms with van der Waals surface area (Å²) in [7, 11) is 0. The van der Waals surface area contributed by atoms with Crippen LogP contribution in [0.15, 0.2) is 0 Å². The van der Waals surface area contributed by atoms with Gasteiger partial charge in [0.2, 0.25) is 5.79 Å². The lowest BCUT2D eigenvalue weighted by atomic mass is 10.0. The Balaban J connectivity index is 1.98. The van der Waals surface area contributed by atoms with Gasteiger partial charge in [0.1, 0.15) is 18.3 Å². The quantitative estimate of drug-likeness (QED) is 0.474. The van der Waals surface area contributed by atoms with Crippen molar-refractivity contribution in [1.29, 1.82) is 0 Å². The number of aliphatic hydroxyl groups is 4. The number of ether oxygens (including phenoxy) is 1. The average Bonchev–Trinajstić information content (AvgIpc) is 2.55. The number of likely N-dealkylation sites (tertiary alicyclic amines) is 1. The standard InChI is InChI=1S/C11H21NO5/c13-6-8-9(14)10(15)11(16,17-8)7-12-4-2-1-3-5-12/h8-10,13-16H,1-7H2/t8-,9+,10+,11-/m0/s1. The van der Waals surface area contributed by atoms with E-state index in [1.165, 1.54) is 6.42 Å². The molecular weight excluding hydrogens is 226 g/mol. The van der Waals surface area contributed by atoms with E-state index in [4.69, 9.17) is 9.84 Å². The lowest BCUT2D eigenvalue weighted by molar-refractivity contribution is -0.239. The summed E-state index contributed by atoms with van der Waals surface area (Å²) >= 11 is 0. The summed E-state index contributed by atoms with van der Waals surface area (Å²) in [5, 5.41) is 38.6. The van der Waals surface area contributed by atoms with Crippen molar-refractivity contribution in [3.05, 3.63) is 0 Å². The van der Waals surface area contributed by atoms with Crippen molar-refractivity contribution in [1.82, 2.24) is 4.90 Å². The Labute approximate surface area is 100 Å². The van der Waals surface area contributed by atoms with Crippen LogP contribution in [0.3, 0.4) is 0 Å². The van der Waals surface area contributed by atoms with Crippen molar-refractivity contribution in [3.8, 4) is 0 Å². The van der Waals surface area contributed by atoms with Crippen LogP contribution in [0.5, 0.6) is 0 Å². The number of piperidine rings is 1. The summed E-state index contributed by atoms with van der Waals surface area (Å²) in [6.07, 6.45) is -0.215. The molecule has 0 unspecified atom stereocenters. The van der Waals surface area contributed by atoms with Gasteiger partial charge in [0.05, 0.1) is 13.2 Å². The van der Waals surface area contributed by atoms with Gasteiger partial charge >= 0.3 is 0 Å². The maximum absolute atomic E-state index is 10.2. The second-order valence-electron chi connectivity index (χ2n) is 4.96. The fourth-order valence-corrected chi connectivity index (χ4v) is 2.59. The van der Waals surface area contributed by atoms with E-state index in [2.05, 4.69) is 0 Å². The molecular formula is C11H21NO5. The lowest BCUT2D eigenvalue weighted by Gasteiger charge is -2.34. The van der Waals surface area contributed by atoms with Crippen LogP contribution >= 0.6 is 0 Å². The van der Waals surface area contributed by atoms with Crippen LogP contribution in [0.2, 0.25) is 0 Å². The van der Waals surface area contributed by atoms with Gasteiger partial charge in [-0.1, -0.05) is 6.42 Å². The van der Waals surface area contributed by atoms with Crippen LogP contribution in [-0.4, -0.2) is 75.7 Å². The SMILES string of the molecule is OC[C@@H]1O[C@@](O)(CN2CCCCC2)[C@H](O)[C@@H]1O. The first-order chi connectivity index (χ1) is 8.07. The maximum Gasteiger partial charge on any atom is 0.208 e. The van der Waals surface area contributed by atoms with Gasteiger partial charge in [-0.3, -0.25) is 4.90 Å². The molecule has 2 rings (SSSR count). The second kappa shape index (κ2) is 5.17. The third kappa shape index (κ3) is 2.62. The highest BCUT2D eigenvalue weighted by Crippen LogP contribution is 2.30. The van der Waals surface area contributed by atoms with Gasteiger partial charge in [0.15, 0.2) is 0 Å². The third-order valence-corrected chi connectivity index (χ3v) is 3.60. The van der Waals surface area contributed by atoms with E-state index in [1.54, 1.807) is 0 Å². The van der Waals surface area contributed by atoms with Crippen molar-refractivity contribution in [2.75, 3.05) is 26.2 Å². The summed E-state index contributed by atoms with van der Waals surface area (Å²) in [5.41, 5.74) is 0. The van der Waals surface area contributed by atoms with Crippen molar-refractivity contribution >= 4 is 0 Å². The van der Waals surface area contributed by atoms with Crippen LogP contribution in [0.4, 0.5) is 0 Å². The number of hydrogen-bond donors (Lipinski definition) is 4. The number of nitrogens with zero attached hydrogens (tertiary/aromatic N) is 1. The van der Waals surface area contributed by atoms with E-state index < -0.39 is 30.7 Å².